The molecule has 0 spiro atoms. The number of hydrogen-bond acceptors (Lipinski definition) is 4. The quantitative estimate of drug-likeness (QED) is 0.731. The van der Waals surface area contributed by atoms with Crippen molar-refractivity contribution in [3.8, 4) is 0 Å². The third-order valence-corrected chi connectivity index (χ3v) is 3.81. The number of aromatic nitrogens is 2. The van der Waals surface area contributed by atoms with Crippen LogP contribution >= 0.6 is 27.5 Å². The van der Waals surface area contributed by atoms with Crippen LogP contribution in [-0.2, 0) is 4.74 Å². The highest BCUT2D eigenvalue weighted by Gasteiger charge is 2.24. The van der Waals surface area contributed by atoms with E-state index in [2.05, 4.69) is 21.0 Å². The molecule has 0 aliphatic heterocycles. The number of aldehydes is 1. The maximum Gasteiger partial charge on any atom is 0.415 e. The van der Waals surface area contributed by atoms with E-state index >= 15 is 0 Å². The molecular weight excluding hydrogens is 374 g/mol. The van der Waals surface area contributed by atoms with E-state index in [0.29, 0.717) is 22.1 Å². The van der Waals surface area contributed by atoms with Gasteiger partial charge in [-0.25, -0.2) is 9.31 Å². The van der Waals surface area contributed by atoms with Crippen molar-refractivity contribution in [3.05, 3.63) is 27.3 Å². The lowest BCUT2D eigenvalue weighted by Gasteiger charge is -2.25. The summed E-state index contributed by atoms with van der Waals surface area (Å²) in [5.74, 6) is 0.433. The molecule has 0 atom stereocenters. The summed E-state index contributed by atoms with van der Waals surface area (Å²) < 4.78 is 7.42. The van der Waals surface area contributed by atoms with Gasteiger partial charge in [0.05, 0.1) is 5.02 Å². The lowest BCUT2D eigenvalue weighted by atomic mass is 10.2. The van der Waals surface area contributed by atoms with Crippen molar-refractivity contribution in [2.45, 2.75) is 26.4 Å². The van der Waals surface area contributed by atoms with Gasteiger partial charge in [-0.2, -0.15) is 5.10 Å². The molecule has 6 nitrogen and oxygen atoms in total. The van der Waals surface area contributed by atoms with Crippen LogP contribution in [0.4, 0.5) is 10.6 Å². The fourth-order valence-electron chi connectivity index (χ4n) is 1.84. The van der Waals surface area contributed by atoms with Crippen molar-refractivity contribution in [2.24, 2.45) is 0 Å². The lowest BCUT2D eigenvalue weighted by Crippen LogP contribution is -2.35. The first kappa shape index (κ1) is 16.8. The summed E-state index contributed by atoms with van der Waals surface area (Å²) in [4.78, 5) is 24.5. The molecule has 0 unspecified atom stereocenters. The van der Waals surface area contributed by atoms with Crippen molar-refractivity contribution < 1.29 is 14.3 Å². The Balaban J connectivity index is 2.54. The maximum absolute atomic E-state index is 12.2. The van der Waals surface area contributed by atoms with Crippen molar-refractivity contribution >= 4 is 51.2 Å². The van der Waals surface area contributed by atoms with E-state index in [-0.39, 0.29) is 10.7 Å². The Labute approximate surface area is 141 Å². The first-order valence-corrected chi connectivity index (χ1v) is 7.61. The predicted octanol–water partition coefficient (Wildman–Crippen LogP) is 3.93. The normalized spacial score (nSPS) is 11.5. The summed E-state index contributed by atoms with van der Waals surface area (Å²) in [5, 5.41) is 4.35. The summed E-state index contributed by atoms with van der Waals surface area (Å²) in [7, 11) is 1.56. The Hall–Kier alpha value is -1.60. The minimum absolute atomic E-state index is 0.104. The van der Waals surface area contributed by atoms with Gasteiger partial charge in [0.1, 0.15) is 22.6 Å². The molecule has 0 saturated heterocycles. The summed E-state index contributed by atoms with van der Waals surface area (Å²) in [6.07, 6.45) is 0.0364. The SMILES string of the molecule is CN(C(=O)OC(C)(C)C)c1ccc(Br)c2c(Cl)c(C=O)nn12. The van der Waals surface area contributed by atoms with Crippen LogP contribution in [0.5, 0.6) is 0 Å². The fourth-order valence-corrected chi connectivity index (χ4v) is 2.71. The molecule has 0 fully saturated rings. The monoisotopic (exact) mass is 387 g/mol. The summed E-state index contributed by atoms with van der Waals surface area (Å²) in [6, 6.07) is 3.41. The van der Waals surface area contributed by atoms with Gasteiger partial charge in [0.15, 0.2) is 6.29 Å². The maximum atomic E-state index is 12.2. The van der Waals surface area contributed by atoms with E-state index < -0.39 is 11.7 Å². The van der Waals surface area contributed by atoms with Gasteiger partial charge < -0.3 is 4.74 Å². The number of carbonyl (C=O) groups excluding carboxylic acids is 2. The molecular formula is C14H15BrClN3O3. The second-order valence-corrected chi connectivity index (χ2v) is 6.89. The minimum atomic E-state index is -0.616. The number of halogens is 2. The standard InChI is InChI=1S/C14H15BrClN3O3/c1-14(2,3)22-13(21)18(4)10-6-5-8(15)12-11(16)9(7-20)17-19(10)12/h5-7H,1-4H3. The second kappa shape index (κ2) is 5.89. The lowest BCUT2D eigenvalue weighted by molar-refractivity contribution is 0.0587. The molecule has 0 aliphatic carbocycles. The van der Waals surface area contributed by atoms with Crippen LogP contribution in [0.3, 0.4) is 0 Å². The number of carbonyl (C=O) groups is 2. The average molecular weight is 389 g/mol. The number of anilines is 1. The first-order valence-electron chi connectivity index (χ1n) is 6.44. The number of ether oxygens (including phenoxy) is 1. The molecule has 0 aromatic carbocycles. The van der Waals surface area contributed by atoms with Gasteiger partial charge in [-0.1, -0.05) is 11.6 Å². The highest BCUT2D eigenvalue weighted by atomic mass is 79.9. The summed E-state index contributed by atoms with van der Waals surface area (Å²) >= 11 is 9.51. The van der Waals surface area contributed by atoms with E-state index in [1.54, 1.807) is 40.0 Å². The molecule has 0 bridgehead atoms. The molecule has 8 heteroatoms. The highest BCUT2D eigenvalue weighted by molar-refractivity contribution is 9.10. The van der Waals surface area contributed by atoms with Crippen LogP contribution in [0.25, 0.3) is 5.52 Å². The molecule has 2 aromatic rings. The largest absolute Gasteiger partial charge is 0.443 e. The molecule has 22 heavy (non-hydrogen) atoms. The molecule has 118 valence electrons. The van der Waals surface area contributed by atoms with Crippen molar-refractivity contribution in [2.75, 3.05) is 11.9 Å². The second-order valence-electron chi connectivity index (χ2n) is 5.66. The van der Waals surface area contributed by atoms with Gasteiger partial charge in [-0.15, -0.1) is 0 Å². The average Bonchev–Trinajstić information content (AvgIpc) is 2.74. The highest BCUT2D eigenvalue weighted by Crippen LogP contribution is 2.31. The Bertz CT molecular complexity index is 752. The van der Waals surface area contributed by atoms with Crippen molar-refractivity contribution in [1.82, 2.24) is 9.61 Å². The van der Waals surface area contributed by atoms with Crippen LogP contribution in [0.1, 0.15) is 31.3 Å². The third kappa shape index (κ3) is 3.10. The van der Waals surface area contributed by atoms with E-state index in [4.69, 9.17) is 16.3 Å². The molecule has 0 saturated carbocycles. The number of fused-ring (bicyclic) bond motifs is 1. The number of pyridine rings is 1. The number of rotatable bonds is 2. The fraction of sp³-hybridized carbons (Fsp3) is 0.357. The minimum Gasteiger partial charge on any atom is -0.443 e. The molecule has 0 N–H and O–H groups in total. The van der Waals surface area contributed by atoms with Crippen molar-refractivity contribution in [1.29, 1.82) is 0 Å². The molecule has 2 heterocycles. The zero-order chi connectivity index (χ0) is 16.7. The van der Waals surface area contributed by atoms with Crippen LogP contribution < -0.4 is 4.90 Å². The number of amides is 1. The Kier molecular flexibility index (Phi) is 4.49. The molecule has 2 rings (SSSR count). The zero-order valence-corrected chi connectivity index (χ0v) is 14.9. The van der Waals surface area contributed by atoms with Crippen LogP contribution in [0.2, 0.25) is 5.02 Å². The Morgan fingerprint density at radius 3 is 2.64 bits per heavy atom. The summed E-state index contributed by atoms with van der Waals surface area (Å²) in [6.45, 7) is 5.35. The van der Waals surface area contributed by atoms with E-state index in [9.17, 15) is 9.59 Å². The smallest absolute Gasteiger partial charge is 0.415 e. The molecule has 0 aliphatic rings. The van der Waals surface area contributed by atoms with Crippen LogP contribution in [-0.4, -0.2) is 34.6 Å². The third-order valence-electron chi connectivity index (χ3n) is 2.80. The Morgan fingerprint density at radius 1 is 1.45 bits per heavy atom. The van der Waals surface area contributed by atoms with Gasteiger partial charge in [-0.3, -0.25) is 9.69 Å². The molecule has 2 aromatic heterocycles. The van der Waals surface area contributed by atoms with E-state index in [0.717, 1.165) is 0 Å². The van der Waals surface area contributed by atoms with E-state index in [1.165, 1.54) is 9.42 Å². The van der Waals surface area contributed by atoms with Crippen molar-refractivity contribution in [3.63, 3.8) is 0 Å². The number of hydrogen-bond donors (Lipinski definition) is 0. The van der Waals surface area contributed by atoms with Gasteiger partial charge in [-0.05, 0) is 48.8 Å². The number of nitrogens with zero attached hydrogens (tertiary/aromatic N) is 3. The Morgan fingerprint density at radius 2 is 2.09 bits per heavy atom. The zero-order valence-electron chi connectivity index (χ0n) is 12.6. The van der Waals surface area contributed by atoms with E-state index in [1.807, 2.05) is 0 Å². The first-order chi connectivity index (χ1) is 10.2. The van der Waals surface area contributed by atoms with Gasteiger partial charge >= 0.3 is 6.09 Å². The molecule has 1 amide bonds. The molecule has 0 radical (unpaired) electrons. The van der Waals surface area contributed by atoms with Gasteiger partial charge in [0, 0.05) is 11.5 Å². The van der Waals surface area contributed by atoms with Gasteiger partial charge in [0.25, 0.3) is 0 Å². The summed E-state index contributed by atoms with van der Waals surface area (Å²) in [5.41, 5.74) is -0.000645. The topological polar surface area (TPSA) is 63.9 Å². The predicted molar refractivity (Wildman–Crippen MR) is 87.9 cm³/mol. The van der Waals surface area contributed by atoms with Gasteiger partial charge in [0.2, 0.25) is 0 Å². The van der Waals surface area contributed by atoms with Crippen LogP contribution in [0.15, 0.2) is 16.6 Å². The van der Waals surface area contributed by atoms with Crippen LogP contribution in [0, 0.1) is 0 Å².